The van der Waals surface area contributed by atoms with Gasteiger partial charge in [0.2, 0.25) is 0 Å². The fraction of sp³-hybridized carbons (Fsp3) is 0.458. The van der Waals surface area contributed by atoms with E-state index >= 15 is 0 Å². The minimum atomic E-state index is -0.192. The molecule has 0 heterocycles. The summed E-state index contributed by atoms with van der Waals surface area (Å²) in [6, 6.07) is 11.7. The highest BCUT2D eigenvalue weighted by atomic mass is 16.1. The van der Waals surface area contributed by atoms with E-state index in [1.54, 1.807) is 0 Å². The van der Waals surface area contributed by atoms with Crippen molar-refractivity contribution in [1.82, 2.24) is 0 Å². The quantitative estimate of drug-likeness (QED) is 0.662. The molecule has 1 heteroatoms. The second-order valence-electron chi connectivity index (χ2n) is 8.86. The number of hydrogen-bond acceptors (Lipinski definition) is 1. The Morgan fingerprint density at radius 3 is 2.72 bits per heavy atom. The molecule has 0 aromatic heterocycles. The highest BCUT2D eigenvalue weighted by Gasteiger charge is 2.55. The summed E-state index contributed by atoms with van der Waals surface area (Å²) < 4.78 is 0. The molecule has 0 saturated heterocycles. The molecular formula is C24H26O. The summed E-state index contributed by atoms with van der Waals surface area (Å²) in [4.78, 5) is 13.1. The molecule has 1 saturated carbocycles. The molecule has 1 fully saturated rings. The zero-order chi connectivity index (χ0) is 17.2. The minimum absolute atomic E-state index is 0.192. The van der Waals surface area contributed by atoms with Crippen LogP contribution in [0.2, 0.25) is 0 Å². The monoisotopic (exact) mass is 330 g/mol. The summed E-state index contributed by atoms with van der Waals surface area (Å²) >= 11 is 0. The predicted octanol–water partition coefficient (Wildman–Crippen LogP) is 5.53. The van der Waals surface area contributed by atoms with Crippen molar-refractivity contribution >= 4 is 16.6 Å². The molecule has 3 aliphatic rings. The van der Waals surface area contributed by atoms with Crippen LogP contribution in [0.3, 0.4) is 0 Å². The molecule has 1 spiro atoms. The summed E-state index contributed by atoms with van der Waals surface area (Å²) in [7, 11) is 0. The highest BCUT2D eigenvalue weighted by molar-refractivity contribution is 5.96. The van der Waals surface area contributed by atoms with Crippen LogP contribution in [0.15, 0.2) is 42.0 Å². The average molecular weight is 330 g/mol. The summed E-state index contributed by atoms with van der Waals surface area (Å²) in [5.74, 6) is 1.70. The smallest absolute Gasteiger partial charge is 0.144 e. The van der Waals surface area contributed by atoms with Gasteiger partial charge in [-0.05, 0) is 77.5 Å². The maximum Gasteiger partial charge on any atom is 0.144 e. The van der Waals surface area contributed by atoms with E-state index in [1.165, 1.54) is 33.0 Å². The first kappa shape index (κ1) is 15.4. The number of carbonyl (C=O) groups is 1. The van der Waals surface area contributed by atoms with Crippen LogP contribution in [0.4, 0.5) is 0 Å². The molecule has 25 heavy (non-hydrogen) atoms. The SMILES string of the molecule is CC(C)Cc1ccc2cc3c(cc2c1)CCC(=O)C31CC2=CCC1C2. The Labute approximate surface area is 150 Å². The van der Waals surface area contributed by atoms with Gasteiger partial charge in [0, 0.05) is 6.42 Å². The lowest BCUT2D eigenvalue weighted by molar-refractivity contribution is -0.126. The van der Waals surface area contributed by atoms with Crippen LogP contribution in [0.25, 0.3) is 10.8 Å². The first-order valence-corrected chi connectivity index (χ1v) is 9.83. The average Bonchev–Trinajstić information content (AvgIpc) is 3.19. The molecule has 1 nitrogen and oxygen atoms in total. The van der Waals surface area contributed by atoms with Crippen molar-refractivity contribution < 1.29 is 4.79 Å². The zero-order valence-corrected chi connectivity index (χ0v) is 15.3. The molecule has 0 aliphatic heterocycles. The van der Waals surface area contributed by atoms with Crippen LogP contribution < -0.4 is 0 Å². The van der Waals surface area contributed by atoms with Gasteiger partial charge in [-0.25, -0.2) is 0 Å². The van der Waals surface area contributed by atoms with Crippen molar-refractivity contribution in [1.29, 1.82) is 0 Å². The Balaban J connectivity index is 1.66. The van der Waals surface area contributed by atoms with Crippen molar-refractivity contribution in [2.45, 2.75) is 57.8 Å². The van der Waals surface area contributed by atoms with Crippen molar-refractivity contribution in [3.05, 3.63) is 58.7 Å². The second kappa shape index (κ2) is 5.30. The Hall–Kier alpha value is -1.89. The molecule has 2 atom stereocenters. The maximum absolute atomic E-state index is 13.1. The summed E-state index contributed by atoms with van der Waals surface area (Å²) in [5, 5.41) is 2.65. The van der Waals surface area contributed by atoms with Gasteiger partial charge in [0.25, 0.3) is 0 Å². The second-order valence-corrected chi connectivity index (χ2v) is 8.86. The fourth-order valence-electron chi connectivity index (χ4n) is 5.69. The maximum atomic E-state index is 13.1. The van der Waals surface area contributed by atoms with Gasteiger partial charge in [0.05, 0.1) is 5.41 Å². The molecule has 2 aromatic carbocycles. The van der Waals surface area contributed by atoms with Gasteiger partial charge in [-0.2, -0.15) is 0 Å². The van der Waals surface area contributed by atoms with E-state index in [2.05, 4.69) is 50.3 Å². The number of carbonyl (C=O) groups excluding carboxylic acids is 1. The molecule has 2 bridgehead atoms. The van der Waals surface area contributed by atoms with Gasteiger partial charge in [0.15, 0.2) is 0 Å². The number of ketones is 1. The van der Waals surface area contributed by atoms with Gasteiger partial charge in [-0.3, -0.25) is 4.79 Å². The lowest BCUT2D eigenvalue weighted by Gasteiger charge is -2.40. The molecule has 0 amide bonds. The number of aryl methyl sites for hydroxylation is 1. The first-order valence-electron chi connectivity index (χ1n) is 9.83. The summed E-state index contributed by atoms with van der Waals surface area (Å²) in [6.07, 6.45) is 8.41. The van der Waals surface area contributed by atoms with Gasteiger partial charge < -0.3 is 0 Å². The topological polar surface area (TPSA) is 17.1 Å². The molecule has 0 radical (unpaired) electrons. The molecule has 2 aromatic rings. The van der Waals surface area contributed by atoms with Crippen LogP contribution in [-0.4, -0.2) is 5.78 Å². The number of Topliss-reactive ketones (excluding diaryl/α,β-unsaturated/α-hetero) is 1. The summed E-state index contributed by atoms with van der Waals surface area (Å²) in [5.41, 5.74) is 5.55. The number of fused-ring (bicyclic) bond motifs is 6. The molecule has 2 unspecified atom stereocenters. The third-order valence-electron chi connectivity index (χ3n) is 6.77. The summed E-state index contributed by atoms with van der Waals surface area (Å²) in [6.45, 7) is 4.55. The van der Waals surface area contributed by atoms with E-state index in [0.717, 1.165) is 38.5 Å². The Bertz CT molecular complexity index is 917. The number of allylic oxidation sites excluding steroid dienone is 2. The Kier molecular flexibility index (Phi) is 3.26. The third kappa shape index (κ3) is 2.18. The standard InChI is InChI=1S/C24H26O/c1-15(2)9-16-3-5-18-13-22-19(12-20(18)10-16)6-8-23(25)24(22)14-17-4-7-21(24)11-17/h3-5,10,12-13,15,21H,6-9,11,14H2,1-2H3. The van der Waals surface area contributed by atoms with Gasteiger partial charge in [-0.15, -0.1) is 0 Å². The van der Waals surface area contributed by atoms with E-state index in [9.17, 15) is 4.79 Å². The third-order valence-corrected chi connectivity index (χ3v) is 6.77. The van der Waals surface area contributed by atoms with E-state index in [1.807, 2.05) is 0 Å². The molecule has 128 valence electrons. The van der Waals surface area contributed by atoms with Crippen molar-refractivity contribution in [3.63, 3.8) is 0 Å². The van der Waals surface area contributed by atoms with Crippen LogP contribution in [0.5, 0.6) is 0 Å². The van der Waals surface area contributed by atoms with E-state index in [-0.39, 0.29) is 5.41 Å². The van der Waals surface area contributed by atoms with Crippen LogP contribution in [0, 0.1) is 11.8 Å². The lowest BCUT2D eigenvalue weighted by Crippen LogP contribution is -2.43. The minimum Gasteiger partial charge on any atom is -0.299 e. The van der Waals surface area contributed by atoms with E-state index in [0.29, 0.717) is 17.6 Å². The van der Waals surface area contributed by atoms with Gasteiger partial charge in [0.1, 0.15) is 5.78 Å². The van der Waals surface area contributed by atoms with Crippen LogP contribution in [-0.2, 0) is 23.1 Å². The van der Waals surface area contributed by atoms with Crippen molar-refractivity contribution in [3.8, 4) is 0 Å². The van der Waals surface area contributed by atoms with Crippen molar-refractivity contribution in [2.24, 2.45) is 11.8 Å². The molecule has 3 aliphatic carbocycles. The van der Waals surface area contributed by atoms with Crippen LogP contribution in [0.1, 0.15) is 56.2 Å². The van der Waals surface area contributed by atoms with Gasteiger partial charge >= 0.3 is 0 Å². The highest BCUT2D eigenvalue weighted by Crippen LogP contribution is 2.57. The molecular weight excluding hydrogens is 304 g/mol. The number of benzene rings is 2. The number of hydrogen-bond donors (Lipinski definition) is 0. The molecule has 5 rings (SSSR count). The van der Waals surface area contributed by atoms with E-state index < -0.39 is 0 Å². The normalized spacial score (nSPS) is 27.4. The largest absolute Gasteiger partial charge is 0.299 e. The predicted molar refractivity (Wildman–Crippen MR) is 103 cm³/mol. The fourth-order valence-corrected chi connectivity index (χ4v) is 5.69. The number of rotatable bonds is 2. The first-order chi connectivity index (χ1) is 12.1. The molecule has 0 N–H and O–H groups in total. The lowest BCUT2D eigenvalue weighted by atomic mass is 9.61. The Morgan fingerprint density at radius 2 is 2.00 bits per heavy atom. The zero-order valence-electron chi connectivity index (χ0n) is 15.3. The van der Waals surface area contributed by atoms with Crippen molar-refractivity contribution in [2.75, 3.05) is 0 Å². The Morgan fingerprint density at radius 1 is 1.12 bits per heavy atom. The van der Waals surface area contributed by atoms with Gasteiger partial charge in [-0.1, -0.05) is 49.8 Å². The van der Waals surface area contributed by atoms with Crippen LogP contribution >= 0.6 is 0 Å². The van der Waals surface area contributed by atoms with E-state index in [4.69, 9.17) is 0 Å².